The van der Waals surface area contributed by atoms with Crippen molar-refractivity contribution < 1.29 is 9.47 Å². The number of ether oxygens (including phenoxy) is 2. The van der Waals surface area contributed by atoms with E-state index < -0.39 is 0 Å². The molecule has 0 bridgehead atoms. The molecule has 4 heteroatoms. The van der Waals surface area contributed by atoms with E-state index in [9.17, 15) is 0 Å². The van der Waals surface area contributed by atoms with Crippen LogP contribution in [-0.4, -0.2) is 21.3 Å². The SMILES string of the molecule is CNCc1cc(OC)ccc1-c1ccc(OC)c(Cl)c1. The Morgan fingerprint density at radius 2 is 1.85 bits per heavy atom. The van der Waals surface area contributed by atoms with Crippen LogP contribution in [0.3, 0.4) is 0 Å². The van der Waals surface area contributed by atoms with Crippen molar-refractivity contribution in [3.63, 3.8) is 0 Å². The van der Waals surface area contributed by atoms with Crippen LogP contribution < -0.4 is 14.8 Å². The van der Waals surface area contributed by atoms with Crippen LogP contribution in [0.4, 0.5) is 0 Å². The number of nitrogens with one attached hydrogen (secondary N) is 1. The Balaban J connectivity index is 2.48. The largest absolute Gasteiger partial charge is 0.497 e. The first-order valence-electron chi connectivity index (χ1n) is 6.35. The van der Waals surface area contributed by atoms with E-state index >= 15 is 0 Å². The number of hydrogen-bond donors (Lipinski definition) is 1. The van der Waals surface area contributed by atoms with Crippen molar-refractivity contribution in [3.8, 4) is 22.6 Å². The molecule has 0 radical (unpaired) electrons. The van der Waals surface area contributed by atoms with Gasteiger partial charge in [0.05, 0.1) is 19.2 Å². The number of benzene rings is 2. The van der Waals surface area contributed by atoms with Gasteiger partial charge >= 0.3 is 0 Å². The summed E-state index contributed by atoms with van der Waals surface area (Å²) in [5, 5.41) is 3.78. The van der Waals surface area contributed by atoms with Gasteiger partial charge in [0, 0.05) is 6.54 Å². The second-order valence-corrected chi connectivity index (χ2v) is 4.81. The maximum Gasteiger partial charge on any atom is 0.137 e. The van der Waals surface area contributed by atoms with Crippen LogP contribution in [0.25, 0.3) is 11.1 Å². The second kappa shape index (κ2) is 6.64. The van der Waals surface area contributed by atoms with Gasteiger partial charge in [-0.2, -0.15) is 0 Å². The maximum absolute atomic E-state index is 6.20. The summed E-state index contributed by atoms with van der Waals surface area (Å²) >= 11 is 6.20. The molecule has 0 spiro atoms. The van der Waals surface area contributed by atoms with E-state index in [1.807, 2.05) is 43.4 Å². The number of methoxy groups -OCH3 is 2. The molecule has 0 aliphatic rings. The smallest absolute Gasteiger partial charge is 0.137 e. The summed E-state index contributed by atoms with van der Waals surface area (Å²) in [5.74, 6) is 1.53. The van der Waals surface area contributed by atoms with Gasteiger partial charge < -0.3 is 14.8 Å². The van der Waals surface area contributed by atoms with Gasteiger partial charge in [0.25, 0.3) is 0 Å². The molecule has 106 valence electrons. The summed E-state index contributed by atoms with van der Waals surface area (Å²) in [7, 11) is 5.20. The fourth-order valence-corrected chi connectivity index (χ4v) is 2.41. The van der Waals surface area contributed by atoms with E-state index in [0.29, 0.717) is 10.8 Å². The number of rotatable bonds is 5. The van der Waals surface area contributed by atoms with Crippen LogP contribution in [0.5, 0.6) is 11.5 Å². The van der Waals surface area contributed by atoms with Crippen molar-refractivity contribution in [1.82, 2.24) is 5.32 Å². The van der Waals surface area contributed by atoms with Gasteiger partial charge in [0.1, 0.15) is 11.5 Å². The average molecular weight is 292 g/mol. The van der Waals surface area contributed by atoms with Crippen LogP contribution in [0.15, 0.2) is 36.4 Å². The molecule has 0 amide bonds. The Kier molecular flexibility index (Phi) is 4.88. The summed E-state index contributed by atoms with van der Waals surface area (Å²) in [6.07, 6.45) is 0. The van der Waals surface area contributed by atoms with E-state index in [-0.39, 0.29) is 0 Å². The lowest BCUT2D eigenvalue weighted by molar-refractivity contribution is 0.414. The van der Waals surface area contributed by atoms with Crippen molar-refractivity contribution in [2.45, 2.75) is 6.54 Å². The summed E-state index contributed by atoms with van der Waals surface area (Å²) in [6.45, 7) is 0.760. The van der Waals surface area contributed by atoms with Crippen molar-refractivity contribution in [2.75, 3.05) is 21.3 Å². The first kappa shape index (κ1) is 14.7. The second-order valence-electron chi connectivity index (χ2n) is 4.40. The number of hydrogen-bond acceptors (Lipinski definition) is 3. The fraction of sp³-hybridized carbons (Fsp3) is 0.250. The summed E-state index contributed by atoms with van der Waals surface area (Å²) in [4.78, 5) is 0. The van der Waals surface area contributed by atoms with E-state index in [1.54, 1.807) is 14.2 Å². The molecule has 3 nitrogen and oxygen atoms in total. The van der Waals surface area contributed by atoms with Gasteiger partial charge in [0.15, 0.2) is 0 Å². The monoisotopic (exact) mass is 291 g/mol. The van der Waals surface area contributed by atoms with Crippen LogP contribution in [0, 0.1) is 0 Å². The fourth-order valence-electron chi connectivity index (χ4n) is 2.15. The molecule has 0 aliphatic carbocycles. The van der Waals surface area contributed by atoms with E-state index in [1.165, 1.54) is 0 Å². The van der Waals surface area contributed by atoms with Crippen LogP contribution in [0.2, 0.25) is 5.02 Å². The Labute approximate surface area is 124 Å². The predicted molar refractivity (Wildman–Crippen MR) is 82.8 cm³/mol. The molecule has 0 atom stereocenters. The first-order chi connectivity index (χ1) is 9.69. The van der Waals surface area contributed by atoms with Gasteiger partial charge in [-0.1, -0.05) is 23.7 Å². The van der Waals surface area contributed by atoms with Gasteiger partial charge in [0.2, 0.25) is 0 Å². The minimum Gasteiger partial charge on any atom is -0.497 e. The lowest BCUT2D eigenvalue weighted by Gasteiger charge is -2.13. The highest BCUT2D eigenvalue weighted by molar-refractivity contribution is 6.32. The topological polar surface area (TPSA) is 30.5 Å². The van der Waals surface area contributed by atoms with Crippen LogP contribution in [0.1, 0.15) is 5.56 Å². The summed E-state index contributed by atoms with van der Waals surface area (Å²) in [5.41, 5.74) is 3.35. The quantitative estimate of drug-likeness (QED) is 0.910. The lowest BCUT2D eigenvalue weighted by atomic mass is 9.99. The molecule has 0 aliphatic heterocycles. The standard InChI is InChI=1S/C16H18ClNO2/c1-18-10-12-8-13(19-2)5-6-14(12)11-4-7-16(20-3)15(17)9-11/h4-9,18H,10H2,1-3H3. The highest BCUT2D eigenvalue weighted by Crippen LogP contribution is 2.33. The highest BCUT2D eigenvalue weighted by atomic mass is 35.5. The van der Waals surface area contributed by atoms with E-state index in [2.05, 4.69) is 5.32 Å². The number of halogens is 1. The van der Waals surface area contributed by atoms with Crippen LogP contribution >= 0.6 is 11.6 Å². The molecule has 2 aromatic rings. The Morgan fingerprint density at radius 3 is 2.45 bits per heavy atom. The van der Waals surface area contributed by atoms with Gasteiger partial charge in [-0.25, -0.2) is 0 Å². The van der Waals surface area contributed by atoms with Crippen LogP contribution in [-0.2, 0) is 6.54 Å². The first-order valence-corrected chi connectivity index (χ1v) is 6.72. The molecule has 0 unspecified atom stereocenters. The predicted octanol–water partition coefficient (Wildman–Crippen LogP) is 3.74. The third-order valence-electron chi connectivity index (χ3n) is 3.14. The Hall–Kier alpha value is -1.71. The third-order valence-corrected chi connectivity index (χ3v) is 3.44. The Morgan fingerprint density at radius 1 is 1.05 bits per heavy atom. The van der Waals surface area contributed by atoms with E-state index in [0.717, 1.165) is 29.0 Å². The van der Waals surface area contributed by atoms with Gasteiger partial charge in [-0.15, -0.1) is 0 Å². The molecule has 0 aromatic heterocycles. The normalized spacial score (nSPS) is 10.4. The zero-order chi connectivity index (χ0) is 14.5. The molecule has 0 saturated carbocycles. The highest BCUT2D eigenvalue weighted by Gasteiger charge is 2.09. The minimum atomic E-state index is 0.608. The average Bonchev–Trinajstić information content (AvgIpc) is 2.47. The van der Waals surface area contributed by atoms with Gasteiger partial charge in [-0.3, -0.25) is 0 Å². The Bertz CT molecular complexity index is 599. The molecular weight excluding hydrogens is 274 g/mol. The zero-order valence-electron chi connectivity index (χ0n) is 11.9. The van der Waals surface area contributed by atoms with Crippen molar-refractivity contribution >= 4 is 11.6 Å². The van der Waals surface area contributed by atoms with Gasteiger partial charge in [-0.05, 0) is 48.0 Å². The van der Waals surface area contributed by atoms with Crippen molar-refractivity contribution in [1.29, 1.82) is 0 Å². The zero-order valence-corrected chi connectivity index (χ0v) is 12.6. The van der Waals surface area contributed by atoms with Crippen molar-refractivity contribution in [2.24, 2.45) is 0 Å². The minimum absolute atomic E-state index is 0.608. The molecule has 20 heavy (non-hydrogen) atoms. The molecule has 2 rings (SSSR count). The van der Waals surface area contributed by atoms with E-state index in [4.69, 9.17) is 21.1 Å². The molecule has 0 fully saturated rings. The maximum atomic E-state index is 6.20. The summed E-state index contributed by atoms with van der Waals surface area (Å²) < 4.78 is 10.5. The molecule has 1 N–H and O–H groups in total. The molecule has 2 aromatic carbocycles. The molecular formula is C16H18ClNO2. The third kappa shape index (κ3) is 3.06. The summed E-state index contributed by atoms with van der Waals surface area (Å²) in [6, 6.07) is 11.8. The molecule has 0 saturated heterocycles. The lowest BCUT2D eigenvalue weighted by Crippen LogP contribution is -2.06. The van der Waals surface area contributed by atoms with Crippen molar-refractivity contribution in [3.05, 3.63) is 47.0 Å². The molecule has 0 heterocycles.